The van der Waals surface area contributed by atoms with Gasteiger partial charge in [0, 0.05) is 13.1 Å². The van der Waals surface area contributed by atoms with Crippen LogP contribution in [0, 0.1) is 24.1 Å². The number of benzene rings is 1. The van der Waals surface area contributed by atoms with Gasteiger partial charge in [-0.3, -0.25) is 0 Å². The minimum Gasteiger partial charge on any atom is -0.370 e. The Balaban J connectivity index is 0.00000109. The van der Waals surface area contributed by atoms with Crippen molar-refractivity contribution < 1.29 is 4.39 Å². The maximum atomic E-state index is 14.4. The molecule has 0 atom stereocenters. The van der Waals surface area contributed by atoms with E-state index in [1.807, 2.05) is 13.8 Å². The Morgan fingerprint density at radius 1 is 1.12 bits per heavy atom. The molecule has 2 fully saturated rings. The average molecular weight is 345 g/mol. The van der Waals surface area contributed by atoms with Crippen molar-refractivity contribution in [2.24, 2.45) is 5.92 Å². The number of anilines is 1. The predicted octanol–water partition coefficient (Wildman–Crippen LogP) is 4.71. The van der Waals surface area contributed by atoms with E-state index in [1.54, 1.807) is 6.07 Å². The van der Waals surface area contributed by atoms with Crippen LogP contribution < -0.4 is 4.90 Å². The normalized spacial score (nSPS) is 18.6. The van der Waals surface area contributed by atoms with Crippen LogP contribution in [-0.2, 0) is 6.42 Å². The molecule has 0 amide bonds. The quantitative estimate of drug-likeness (QED) is 0.730. The number of halogens is 1. The molecule has 0 aliphatic carbocycles. The standard InChI is InChI=1S/C20H27FN2.C2H6/c1-3-18-19(21)14-17(15-20(18)23-10-4-5-11-23)7-6-16-8-12-22(2)13-9-16;1-2/h1,14-16H,4-13H2,2H3;1-2H3. The Labute approximate surface area is 153 Å². The average Bonchev–Trinajstić information content (AvgIpc) is 3.17. The molecule has 2 aliphatic rings. The van der Waals surface area contributed by atoms with Crippen molar-refractivity contribution >= 4 is 5.69 Å². The molecule has 2 nitrogen and oxygen atoms in total. The first-order valence-electron chi connectivity index (χ1n) is 9.90. The molecule has 3 heteroatoms. The van der Waals surface area contributed by atoms with E-state index >= 15 is 0 Å². The first-order valence-corrected chi connectivity index (χ1v) is 9.90. The summed E-state index contributed by atoms with van der Waals surface area (Å²) in [5, 5.41) is 0. The van der Waals surface area contributed by atoms with Crippen LogP contribution in [0.25, 0.3) is 0 Å². The summed E-state index contributed by atoms with van der Waals surface area (Å²) in [6, 6.07) is 3.79. The molecule has 1 aromatic rings. The summed E-state index contributed by atoms with van der Waals surface area (Å²) in [6.07, 6.45) is 12.5. The molecule has 0 unspecified atom stereocenters. The molecule has 138 valence electrons. The van der Waals surface area contributed by atoms with E-state index in [0.717, 1.165) is 43.1 Å². The monoisotopic (exact) mass is 344 g/mol. The summed E-state index contributed by atoms with van der Waals surface area (Å²) in [4.78, 5) is 4.64. The lowest BCUT2D eigenvalue weighted by atomic mass is 9.90. The zero-order chi connectivity index (χ0) is 18.2. The highest BCUT2D eigenvalue weighted by molar-refractivity contribution is 5.62. The van der Waals surface area contributed by atoms with Gasteiger partial charge >= 0.3 is 0 Å². The molecule has 2 heterocycles. The lowest BCUT2D eigenvalue weighted by molar-refractivity contribution is 0.212. The van der Waals surface area contributed by atoms with Gasteiger partial charge in [-0.2, -0.15) is 0 Å². The summed E-state index contributed by atoms with van der Waals surface area (Å²) in [6.45, 7) is 8.36. The predicted molar refractivity (Wildman–Crippen MR) is 106 cm³/mol. The third kappa shape index (κ3) is 5.22. The molecule has 1 aromatic carbocycles. The van der Waals surface area contributed by atoms with E-state index in [-0.39, 0.29) is 5.82 Å². The van der Waals surface area contributed by atoms with Gasteiger partial charge in [0.15, 0.2) is 0 Å². The molecule has 0 saturated carbocycles. The highest BCUT2D eigenvalue weighted by atomic mass is 19.1. The van der Waals surface area contributed by atoms with E-state index in [1.165, 1.54) is 38.8 Å². The number of aryl methyl sites for hydroxylation is 1. The molecule has 25 heavy (non-hydrogen) atoms. The van der Waals surface area contributed by atoms with E-state index in [4.69, 9.17) is 6.42 Å². The molecular formula is C22H33FN2. The van der Waals surface area contributed by atoms with Crippen LogP contribution in [0.3, 0.4) is 0 Å². The lowest BCUT2D eigenvalue weighted by Crippen LogP contribution is -2.30. The minimum atomic E-state index is -0.227. The van der Waals surface area contributed by atoms with Gasteiger partial charge in [-0.1, -0.05) is 19.8 Å². The summed E-state index contributed by atoms with van der Waals surface area (Å²) in [5.41, 5.74) is 2.47. The number of rotatable bonds is 4. The van der Waals surface area contributed by atoms with Crippen molar-refractivity contribution in [2.75, 3.05) is 38.1 Å². The van der Waals surface area contributed by atoms with Crippen molar-refractivity contribution in [3.63, 3.8) is 0 Å². The smallest absolute Gasteiger partial charge is 0.141 e. The first kappa shape index (κ1) is 19.8. The third-order valence-corrected chi connectivity index (χ3v) is 5.40. The molecular weight excluding hydrogens is 311 g/mol. The molecule has 0 bridgehead atoms. The highest BCUT2D eigenvalue weighted by Crippen LogP contribution is 2.29. The van der Waals surface area contributed by atoms with Crippen LogP contribution in [0.2, 0.25) is 0 Å². The lowest BCUT2D eigenvalue weighted by Gasteiger charge is -2.29. The number of terminal acetylenes is 1. The van der Waals surface area contributed by atoms with Crippen molar-refractivity contribution in [1.29, 1.82) is 0 Å². The van der Waals surface area contributed by atoms with E-state index in [2.05, 4.69) is 28.8 Å². The summed E-state index contributed by atoms with van der Waals surface area (Å²) < 4.78 is 14.4. The number of piperidine rings is 1. The molecule has 0 spiro atoms. The fourth-order valence-electron chi connectivity index (χ4n) is 3.86. The van der Waals surface area contributed by atoms with Gasteiger partial charge < -0.3 is 9.80 Å². The maximum Gasteiger partial charge on any atom is 0.141 e. The van der Waals surface area contributed by atoms with Gasteiger partial charge in [0.2, 0.25) is 0 Å². The minimum absolute atomic E-state index is 0.227. The fraction of sp³-hybridized carbons (Fsp3) is 0.636. The summed E-state index contributed by atoms with van der Waals surface area (Å²) in [7, 11) is 2.19. The van der Waals surface area contributed by atoms with Gasteiger partial charge in [0.25, 0.3) is 0 Å². The van der Waals surface area contributed by atoms with E-state index in [9.17, 15) is 4.39 Å². The van der Waals surface area contributed by atoms with E-state index in [0.29, 0.717) is 5.56 Å². The summed E-state index contributed by atoms with van der Waals surface area (Å²) >= 11 is 0. The zero-order valence-corrected chi connectivity index (χ0v) is 16.2. The van der Waals surface area contributed by atoms with Gasteiger partial charge in [0.1, 0.15) is 5.82 Å². The highest BCUT2D eigenvalue weighted by Gasteiger charge is 2.20. The third-order valence-electron chi connectivity index (χ3n) is 5.40. The fourth-order valence-corrected chi connectivity index (χ4v) is 3.86. The first-order chi connectivity index (χ1) is 12.2. The van der Waals surface area contributed by atoms with Crippen LogP contribution in [0.1, 0.15) is 57.1 Å². The molecule has 0 aromatic heterocycles. The van der Waals surface area contributed by atoms with Crippen LogP contribution in [0.4, 0.5) is 10.1 Å². The van der Waals surface area contributed by atoms with Gasteiger partial charge in [-0.25, -0.2) is 4.39 Å². The topological polar surface area (TPSA) is 6.48 Å². The zero-order valence-electron chi connectivity index (χ0n) is 16.2. The molecule has 3 rings (SSSR count). The van der Waals surface area contributed by atoms with Crippen LogP contribution in [0.15, 0.2) is 12.1 Å². The number of nitrogens with zero attached hydrogens (tertiary/aromatic N) is 2. The second-order valence-electron chi connectivity index (χ2n) is 7.10. The maximum absolute atomic E-state index is 14.4. The Morgan fingerprint density at radius 3 is 2.36 bits per heavy atom. The Kier molecular flexibility index (Phi) is 7.78. The van der Waals surface area contributed by atoms with Gasteiger partial charge in [0.05, 0.1) is 11.3 Å². The van der Waals surface area contributed by atoms with Crippen molar-refractivity contribution in [1.82, 2.24) is 4.90 Å². The Hall–Kier alpha value is -1.53. The van der Waals surface area contributed by atoms with Crippen LogP contribution in [0.5, 0.6) is 0 Å². The van der Waals surface area contributed by atoms with E-state index < -0.39 is 0 Å². The largest absolute Gasteiger partial charge is 0.370 e. The van der Waals surface area contributed by atoms with Gasteiger partial charge in [-0.15, -0.1) is 6.42 Å². The Bertz CT molecular complexity index is 576. The number of likely N-dealkylation sites (tertiary alicyclic amines) is 1. The SMILES string of the molecule is C#Cc1c(F)cc(CCC2CCN(C)CC2)cc1N1CCCC1.CC. The van der Waals surface area contributed by atoms with Crippen LogP contribution >= 0.6 is 0 Å². The van der Waals surface area contributed by atoms with Gasteiger partial charge in [-0.05, 0) is 82.3 Å². The Morgan fingerprint density at radius 2 is 1.76 bits per heavy atom. The molecule has 2 saturated heterocycles. The second-order valence-corrected chi connectivity index (χ2v) is 7.10. The van der Waals surface area contributed by atoms with Crippen molar-refractivity contribution in [2.45, 2.75) is 52.4 Å². The molecule has 0 radical (unpaired) electrons. The second kappa shape index (κ2) is 9.82. The molecule has 0 N–H and O–H groups in total. The van der Waals surface area contributed by atoms with Crippen LogP contribution in [-0.4, -0.2) is 38.1 Å². The van der Waals surface area contributed by atoms with Crippen molar-refractivity contribution in [3.05, 3.63) is 29.1 Å². The van der Waals surface area contributed by atoms with Crippen molar-refractivity contribution in [3.8, 4) is 12.3 Å². The number of hydrogen-bond acceptors (Lipinski definition) is 2. The number of hydrogen-bond donors (Lipinski definition) is 0. The summed E-state index contributed by atoms with van der Waals surface area (Å²) in [5.74, 6) is 3.10. The molecule has 2 aliphatic heterocycles.